The van der Waals surface area contributed by atoms with Gasteiger partial charge in [0.2, 0.25) is 5.91 Å². The molecule has 6 nitrogen and oxygen atoms in total. The summed E-state index contributed by atoms with van der Waals surface area (Å²) in [6.07, 6.45) is 4.19. The van der Waals surface area contributed by atoms with Gasteiger partial charge in [-0.05, 0) is 56.4 Å². The Morgan fingerprint density at radius 1 is 1.19 bits per heavy atom. The first-order valence-electron chi connectivity index (χ1n) is 11.0. The molecule has 1 unspecified atom stereocenters. The molecular weight excluding hydrogens is 444 g/mol. The first kappa shape index (κ1) is 21.3. The highest BCUT2D eigenvalue weighted by atomic mass is 35.5. The number of rotatable bonds is 7. The van der Waals surface area contributed by atoms with Gasteiger partial charge < -0.3 is 9.64 Å². The van der Waals surface area contributed by atoms with Crippen molar-refractivity contribution in [2.24, 2.45) is 0 Å². The second-order valence-corrected chi connectivity index (χ2v) is 9.92. The van der Waals surface area contributed by atoms with Crippen LogP contribution in [0.5, 0.6) is 5.75 Å². The van der Waals surface area contributed by atoms with Crippen LogP contribution in [-0.4, -0.2) is 32.5 Å². The third-order valence-corrected chi connectivity index (χ3v) is 7.20. The largest absolute Gasteiger partial charge is 0.484 e. The van der Waals surface area contributed by atoms with Gasteiger partial charge in [0, 0.05) is 18.3 Å². The van der Waals surface area contributed by atoms with Gasteiger partial charge >= 0.3 is 0 Å². The van der Waals surface area contributed by atoms with Crippen LogP contribution in [0.25, 0.3) is 0 Å². The van der Waals surface area contributed by atoms with Crippen LogP contribution in [0, 0.1) is 0 Å². The molecule has 0 saturated heterocycles. The van der Waals surface area contributed by atoms with Crippen LogP contribution >= 0.6 is 23.4 Å². The van der Waals surface area contributed by atoms with E-state index in [0.717, 1.165) is 48.9 Å². The zero-order valence-electron chi connectivity index (χ0n) is 17.9. The van der Waals surface area contributed by atoms with Crippen LogP contribution in [-0.2, 0) is 17.8 Å². The van der Waals surface area contributed by atoms with Gasteiger partial charge in [0.05, 0.1) is 10.3 Å². The summed E-state index contributed by atoms with van der Waals surface area (Å²) in [5.41, 5.74) is 2.28. The smallest absolute Gasteiger partial charge is 0.240 e. The Morgan fingerprint density at radius 3 is 2.78 bits per heavy atom. The Hall–Kier alpha value is -2.51. The first-order chi connectivity index (χ1) is 15.6. The summed E-state index contributed by atoms with van der Waals surface area (Å²) in [6.45, 7) is 3.00. The van der Waals surface area contributed by atoms with Crippen molar-refractivity contribution in [1.82, 2.24) is 14.8 Å². The second-order valence-electron chi connectivity index (χ2n) is 8.20. The second kappa shape index (κ2) is 9.16. The molecular formula is C24H25ClN4O2S. The summed E-state index contributed by atoms with van der Waals surface area (Å²) in [5.74, 6) is 1.50. The maximum atomic E-state index is 13.3. The number of nitrogens with zero attached hydrogens (tertiary/aromatic N) is 4. The number of halogens is 1. The highest BCUT2D eigenvalue weighted by molar-refractivity contribution is 8.00. The summed E-state index contributed by atoms with van der Waals surface area (Å²) in [5, 5.41) is 9.88. The quantitative estimate of drug-likeness (QED) is 0.440. The zero-order chi connectivity index (χ0) is 22.1. The molecule has 32 heavy (non-hydrogen) atoms. The molecule has 2 heterocycles. The lowest BCUT2D eigenvalue weighted by atomic mass is 10.0. The number of aryl methyl sites for hydroxylation is 1. The standard InChI is InChI=1S/C24H25ClN4O2S/c1-16(23(30)28-14-6-8-17-7-2-4-10-20(17)28)32-24-27-26-22(29(24)18-12-13-18)15-31-21-11-5-3-9-19(21)25/h2-5,7,9-11,16,18H,6,8,12-15H2,1H3. The van der Waals surface area contributed by atoms with Gasteiger partial charge in [-0.3, -0.25) is 9.36 Å². The first-order valence-corrected chi connectivity index (χ1v) is 12.2. The summed E-state index contributed by atoms with van der Waals surface area (Å²) in [6, 6.07) is 16.0. The van der Waals surface area contributed by atoms with E-state index in [1.54, 1.807) is 6.07 Å². The number of ether oxygens (including phenoxy) is 1. The number of aromatic nitrogens is 3. The Bertz CT molecular complexity index is 1130. The predicted molar refractivity (Wildman–Crippen MR) is 127 cm³/mol. The number of anilines is 1. The number of amides is 1. The molecule has 8 heteroatoms. The number of carbonyl (C=O) groups is 1. The normalized spacial score (nSPS) is 16.5. The number of para-hydroxylation sites is 2. The van der Waals surface area contributed by atoms with Gasteiger partial charge in [-0.15, -0.1) is 10.2 Å². The molecule has 3 aromatic rings. The third-order valence-electron chi connectivity index (χ3n) is 5.85. The van der Waals surface area contributed by atoms with Crippen LogP contribution in [0.4, 0.5) is 5.69 Å². The van der Waals surface area contributed by atoms with E-state index in [1.165, 1.54) is 17.3 Å². The number of hydrogen-bond acceptors (Lipinski definition) is 5. The lowest BCUT2D eigenvalue weighted by Crippen LogP contribution is -2.40. The fourth-order valence-electron chi connectivity index (χ4n) is 4.08. The van der Waals surface area contributed by atoms with E-state index in [9.17, 15) is 4.79 Å². The molecule has 1 aromatic heterocycles. The van der Waals surface area contributed by atoms with Gasteiger partial charge in [-0.1, -0.05) is 53.7 Å². The van der Waals surface area contributed by atoms with Crippen molar-refractivity contribution in [2.45, 2.75) is 55.7 Å². The van der Waals surface area contributed by atoms with E-state index >= 15 is 0 Å². The van der Waals surface area contributed by atoms with Crippen LogP contribution in [0.2, 0.25) is 5.02 Å². The lowest BCUT2D eigenvalue weighted by Gasteiger charge is -2.31. The Morgan fingerprint density at radius 2 is 1.97 bits per heavy atom. The van der Waals surface area contributed by atoms with Crippen molar-refractivity contribution in [2.75, 3.05) is 11.4 Å². The predicted octanol–water partition coefficient (Wildman–Crippen LogP) is 5.31. The topological polar surface area (TPSA) is 60.3 Å². The summed E-state index contributed by atoms with van der Waals surface area (Å²) < 4.78 is 8.04. The average molecular weight is 469 g/mol. The summed E-state index contributed by atoms with van der Waals surface area (Å²) in [4.78, 5) is 15.3. The molecule has 166 valence electrons. The zero-order valence-corrected chi connectivity index (χ0v) is 19.5. The van der Waals surface area contributed by atoms with E-state index in [2.05, 4.69) is 20.8 Å². The van der Waals surface area contributed by atoms with E-state index in [4.69, 9.17) is 16.3 Å². The minimum Gasteiger partial charge on any atom is -0.484 e. The van der Waals surface area contributed by atoms with Crippen molar-refractivity contribution in [3.63, 3.8) is 0 Å². The van der Waals surface area contributed by atoms with Crippen LogP contribution in [0.3, 0.4) is 0 Å². The number of carbonyl (C=O) groups excluding carboxylic acids is 1. The minimum atomic E-state index is -0.264. The maximum absolute atomic E-state index is 13.3. The molecule has 2 aliphatic rings. The molecule has 5 rings (SSSR count). The van der Waals surface area contributed by atoms with Crippen molar-refractivity contribution in [1.29, 1.82) is 0 Å². The van der Waals surface area contributed by atoms with Gasteiger partial charge in [0.15, 0.2) is 11.0 Å². The summed E-state index contributed by atoms with van der Waals surface area (Å²) in [7, 11) is 0. The van der Waals surface area contributed by atoms with Gasteiger partial charge in [0.1, 0.15) is 12.4 Å². The molecule has 0 N–H and O–H groups in total. The van der Waals surface area contributed by atoms with Crippen molar-refractivity contribution in [3.8, 4) is 5.75 Å². The average Bonchev–Trinajstić information content (AvgIpc) is 3.58. The highest BCUT2D eigenvalue weighted by Crippen LogP contribution is 2.40. The van der Waals surface area contributed by atoms with Gasteiger partial charge in [-0.2, -0.15) is 0 Å². The molecule has 1 aliphatic carbocycles. The number of hydrogen-bond donors (Lipinski definition) is 0. The number of thioether (sulfide) groups is 1. The van der Waals surface area contributed by atoms with Crippen molar-refractivity contribution >= 4 is 35.0 Å². The van der Waals surface area contributed by atoms with E-state index in [1.807, 2.05) is 48.2 Å². The number of benzene rings is 2. The monoisotopic (exact) mass is 468 g/mol. The third kappa shape index (κ3) is 4.36. The molecule has 1 saturated carbocycles. The Labute approximate surface area is 196 Å². The molecule has 1 amide bonds. The van der Waals surface area contributed by atoms with Crippen molar-refractivity contribution in [3.05, 3.63) is 64.9 Å². The van der Waals surface area contributed by atoms with E-state index in [-0.39, 0.29) is 17.8 Å². The van der Waals surface area contributed by atoms with Crippen LogP contribution in [0.1, 0.15) is 43.6 Å². The molecule has 0 bridgehead atoms. The van der Waals surface area contributed by atoms with Crippen LogP contribution < -0.4 is 9.64 Å². The summed E-state index contributed by atoms with van der Waals surface area (Å²) >= 11 is 7.69. The molecule has 1 atom stereocenters. The van der Waals surface area contributed by atoms with Gasteiger partial charge in [0.25, 0.3) is 0 Å². The fourth-order valence-corrected chi connectivity index (χ4v) is 5.27. The molecule has 2 aromatic carbocycles. The minimum absolute atomic E-state index is 0.112. The number of fused-ring (bicyclic) bond motifs is 1. The molecule has 0 spiro atoms. The van der Waals surface area contributed by atoms with Crippen molar-refractivity contribution < 1.29 is 9.53 Å². The molecule has 1 aliphatic heterocycles. The van der Waals surface area contributed by atoms with E-state index < -0.39 is 0 Å². The Kier molecular flexibility index (Phi) is 6.11. The fraction of sp³-hybridized carbons (Fsp3) is 0.375. The molecule has 1 fully saturated rings. The van der Waals surface area contributed by atoms with E-state index in [0.29, 0.717) is 16.8 Å². The SMILES string of the molecule is CC(Sc1nnc(COc2ccccc2Cl)n1C1CC1)C(=O)N1CCCc2ccccc21. The maximum Gasteiger partial charge on any atom is 0.240 e. The highest BCUT2D eigenvalue weighted by Gasteiger charge is 2.33. The van der Waals surface area contributed by atoms with Crippen LogP contribution in [0.15, 0.2) is 53.7 Å². The van der Waals surface area contributed by atoms with Gasteiger partial charge in [-0.25, -0.2) is 0 Å². The molecule has 0 radical (unpaired) electrons. The lowest BCUT2D eigenvalue weighted by molar-refractivity contribution is -0.117. The Balaban J connectivity index is 1.31.